The van der Waals surface area contributed by atoms with Crippen LogP contribution in [0.15, 0.2) is 45.7 Å². The summed E-state index contributed by atoms with van der Waals surface area (Å²) in [6, 6.07) is 9.71. The SMILES string of the molecule is COc1cc(-c2nnc(COC(=O)CCS(=O)(=O)c3ccc(C)cc3)o2)cc(OC)c1OC. The summed E-state index contributed by atoms with van der Waals surface area (Å²) in [6.45, 7) is 1.57. The molecule has 0 amide bonds. The van der Waals surface area contributed by atoms with Gasteiger partial charge in [-0.3, -0.25) is 4.79 Å². The van der Waals surface area contributed by atoms with Gasteiger partial charge >= 0.3 is 5.97 Å². The Balaban J connectivity index is 1.61. The molecule has 1 aromatic heterocycles. The molecule has 11 heteroatoms. The van der Waals surface area contributed by atoms with Crippen molar-refractivity contribution in [3.05, 3.63) is 47.9 Å². The fourth-order valence-electron chi connectivity index (χ4n) is 2.93. The van der Waals surface area contributed by atoms with Crippen molar-refractivity contribution in [1.29, 1.82) is 0 Å². The number of aromatic nitrogens is 2. The molecular formula is C22H24N2O8S. The van der Waals surface area contributed by atoms with Crippen LogP contribution in [-0.4, -0.2) is 51.7 Å². The summed E-state index contributed by atoms with van der Waals surface area (Å²) in [5, 5.41) is 7.80. The second-order valence-corrected chi connectivity index (χ2v) is 9.07. The maximum Gasteiger partial charge on any atom is 0.307 e. The van der Waals surface area contributed by atoms with Gasteiger partial charge in [0, 0.05) is 5.56 Å². The van der Waals surface area contributed by atoms with Gasteiger partial charge in [0.1, 0.15) is 0 Å². The van der Waals surface area contributed by atoms with Crippen molar-refractivity contribution >= 4 is 15.8 Å². The van der Waals surface area contributed by atoms with E-state index in [1.54, 1.807) is 24.3 Å². The average Bonchev–Trinajstić information content (AvgIpc) is 3.30. The number of carbonyl (C=O) groups is 1. The zero-order valence-electron chi connectivity index (χ0n) is 18.7. The topological polar surface area (TPSA) is 127 Å². The first kappa shape index (κ1) is 24.1. The largest absolute Gasteiger partial charge is 0.493 e. The number of esters is 1. The lowest BCUT2D eigenvalue weighted by atomic mass is 10.2. The van der Waals surface area contributed by atoms with Crippen molar-refractivity contribution in [3.63, 3.8) is 0 Å². The molecule has 0 atom stereocenters. The predicted octanol–water partition coefficient (Wildman–Crippen LogP) is 2.98. The van der Waals surface area contributed by atoms with Gasteiger partial charge in [-0.15, -0.1) is 10.2 Å². The molecule has 0 saturated carbocycles. The fraction of sp³-hybridized carbons (Fsp3) is 0.318. The van der Waals surface area contributed by atoms with E-state index in [9.17, 15) is 13.2 Å². The molecule has 0 radical (unpaired) electrons. The zero-order chi connectivity index (χ0) is 24.0. The van der Waals surface area contributed by atoms with Gasteiger partial charge in [-0.05, 0) is 31.2 Å². The van der Waals surface area contributed by atoms with Gasteiger partial charge in [0.2, 0.25) is 11.6 Å². The highest BCUT2D eigenvalue weighted by atomic mass is 32.2. The molecule has 1 heterocycles. The Morgan fingerprint density at radius 1 is 0.970 bits per heavy atom. The third-order valence-electron chi connectivity index (χ3n) is 4.69. The van der Waals surface area contributed by atoms with Crippen LogP contribution in [-0.2, 0) is 26.0 Å². The number of nitrogens with zero attached hydrogens (tertiary/aromatic N) is 2. The van der Waals surface area contributed by atoms with Gasteiger partial charge in [-0.25, -0.2) is 8.42 Å². The third kappa shape index (κ3) is 5.80. The molecule has 0 fully saturated rings. The first-order chi connectivity index (χ1) is 15.8. The molecule has 0 N–H and O–H groups in total. The minimum absolute atomic E-state index is 0.0495. The van der Waals surface area contributed by atoms with Gasteiger partial charge in [-0.1, -0.05) is 17.7 Å². The molecule has 0 aliphatic rings. The van der Waals surface area contributed by atoms with Crippen molar-refractivity contribution in [2.75, 3.05) is 27.1 Å². The smallest absolute Gasteiger partial charge is 0.307 e. The lowest BCUT2D eigenvalue weighted by molar-refractivity contribution is -0.145. The Hall–Kier alpha value is -3.60. The first-order valence-corrected chi connectivity index (χ1v) is 11.5. The zero-order valence-corrected chi connectivity index (χ0v) is 19.5. The Morgan fingerprint density at radius 3 is 2.18 bits per heavy atom. The van der Waals surface area contributed by atoms with Crippen LogP contribution in [0.3, 0.4) is 0 Å². The molecule has 0 bridgehead atoms. The number of hydrogen-bond acceptors (Lipinski definition) is 10. The van der Waals surface area contributed by atoms with Crippen molar-refractivity contribution in [3.8, 4) is 28.7 Å². The second-order valence-electron chi connectivity index (χ2n) is 6.96. The predicted molar refractivity (Wildman–Crippen MR) is 117 cm³/mol. The Kier molecular flexibility index (Phi) is 7.54. The number of sulfone groups is 1. The first-order valence-electron chi connectivity index (χ1n) is 9.85. The maximum absolute atomic E-state index is 12.4. The third-order valence-corrected chi connectivity index (χ3v) is 6.42. The van der Waals surface area contributed by atoms with Gasteiger partial charge < -0.3 is 23.4 Å². The molecule has 0 aliphatic carbocycles. The van der Waals surface area contributed by atoms with Gasteiger partial charge in [0.25, 0.3) is 5.89 Å². The summed E-state index contributed by atoms with van der Waals surface area (Å²) in [5.74, 6) is 0.377. The van der Waals surface area contributed by atoms with Crippen LogP contribution in [0.5, 0.6) is 17.2 Å². The Morgan fingerprint density at radius 2 is 1.61 bits per heavy atom. The minimum atomic E-state index is -3.59. The van der Waals surface area contributed by atoms with E-state index in [-0.39, 0.29) is 35.5 Å². The minimum Gasteiger partial charge on any atom is -0.493 e. The van der Waals surface area contributed by atoms with Crippen LogP contribution in [0.1, 0.15) is 17.9 Å². The van der Waals surface area contributed by atoms with Gasteiger partial charge in [-0.2, -0.15) is 0 Å². The standard InChI is InChI=1S/C22H24N2O8S/c1-14-5-7-16(8-6-14)33(26,27)10-9-20(25)31-13-19-23-24-22(32-19)15-11-17(28-2)21(30-4)18(12-15)29-3/h5-8,11-12H,9-10,13H2,1-4H3. The van der Waals surface area contributed by atoms with Crippen molar-refractivity contribution in [2.24, 2.45) is 0 Å². The number of carbonyl (C=O) groups excluding carboxylic acids is 1. The van der Waals surface area contributed by atoms with E-state index >= 15 is 0 Å². The fourth-order valence-corrected chi connectivity index (χ4v) is 4.15. The molecule has 176 valence electrons. The van der Waals surface area contributed by atoms with Crippen LogP contribution in [0.2, 0.25) is 0 Å². The number of ether oxygens (including phenoxy) is 4. The molecule has 33 heavy (non-hydrogen) atoms. The quantitative estimate of drug-likeness (QED) is 0.403. The second kappa shape index (κ2) is 10.3. The summed E-state index contributed by atoms with van der Waals surface area (Å²) in [7, 11) is 0.869. The van der Waals surface area contributed by atoms with Crippen LogP contribution in [0.25, 0.3) is 11.5 Å². The van der Waals surface area contributed by atoms with E-state index in [2.05, 4.69) is 10.2 Å². The van der Waals surface area contributed by atoms with Crippen LogP contribution >= 0.6 is 0 Å². The molecule has 10 nitrogen and oxygen atoms in total. The van der Waals surface area contributed by atoms with Crippen molar-refractivity contribution in [1.82, 2.24) is 10.2 Å². The molecule has 0 saturated heterocycles. The number of hydrogen-bond donors (Lipinski definition) is 0. The molecule has 2 aromatic carbocycles. The number of aryl methyl sites for hydroxylation is 1. The summed E-state index contributed by atoms with van der Waals surface area (Å²) in [6.07, 6.45) is -0.302. The normalized spacial score (nSPS) is 11.2. The van der Waals surface area contributed by atoms with Crippen LogP contribution < -0.4 is 14.2 Å². The van der Waals surface area contributed by atoms with E-state index in [0.29, 0.717) is 22.8 Å². The molecule has 0 aliphatic heterocycles. The van der Waals surface area contributed by atoms with E-state index in [1.165, 1.54) is 33.5 Å². The summed E-state index contributed by atoms with van der Waals surface area (Å²) < 4.78 is 51.2. The lowest BCUT2D eigenvalue weighted by Gasteiger charge is -2.12. The van der Waals surface area contributed by atoms with Crippen molar-refractivity contribution in [2.45, 2.75) is 24.8 Å². The number of rotatable bonds is 10. The summed E-state index contributed by atoms with van der Waals surface area (Å²) in [4.78, 5) is 12.2. The highest BCUT2D eigenvalue weighted by Crippen LogP contribution is 2.40. The van der Waals surface area contributed by atoms with Crippen LogP contribution in [0.4, 0.5) is 0 Å². The van der Waals surface area contributed by atoms with E-state index in [4.69, 9.17) is 23.4 Å². The number of benzene rings is 2. The van der Waals surface area contributed by atoms with Crippen LogP contribution in [0, 0.1) is 6.92 Å². The van der Waals surface area contributed by atoms with E-state index in [1.807, 2.05) is 6.92 Å². The Bertz CT molecular complexity index is 1190. The van der Waals surface area contributed by atoms with Crippen molar-refractivity contribution < 1.29 is 36.6 Å². The average molecular weight is 477 g/mol. The summed E-state index contributed by atoms with van der Waals surface area (Å²) in [5.41, 5.74) is 1.46. The summed E-state index contributed by atoms with van der Waals surface area (Å²) >= 11 is 0. The van der Waals surface area contributed by atoms with Gasteiger partial charge in [0.05, 0.1) is 38.4 Å². The highest BCUT2D eigenvalue weighted by Gasteiger charge is 2.19. The lowest BCUT2D eigenvalue weighted by Crippen LogP contribution is -2.13. The number of methoxy groups -OCH3 is 3. The van der Waals surface area contributed by atoms with E-state index in [0.717, 1.165) is 5.56 Å². The molecule has 3 rings (SSSR count). The molecule has 0 unspecified atom stereocenters. The van der Waals surface area contributed by atoms with Gasteiger partial charge in [0.15, 0.2) is 27.9 Å². The van der Waals surface area contributed by atoms with E-state index < -0.39 is 15.8 Å². The monoisotopic (exact) mass is 476 g/mol. The maximum atomic E-state index is 12.4. The molecule has 3 aromatic rings. The molecule has 0 spiro atoms. The molecular weight excluding hydrogens is 452 g/mol. The highest BCUT2D eigenvalue weighted by molar-refractivity contribution is 7.91. The Labute approximate surface area is 191 Å².